The maximum absolute atomic E-state index is 10.9. The SMILES string of the molecule is O=C(O)C1CCSC(c2ccc([N+](=O)[O-])s2)N1. The molecule has 0 radical (unpaired) electrons. The van der Waals surface area contributed by atoms with Crippen molar-refractivity contribution in [2.75, 3.05) is 5.75 Å². The van der Waals surface area contributed by atoms with Crippen LogP contribution in [0.2, 0.25) is 0 Å². The number of nitrogens with one attached hydrogen (secondary N) is 1. The molecule has 1 aromatic heterocycles. The minimum Gasteiger partial charge on any atom is -0.480 e. The standard InChI is InChI=1S/C9H10N2O4S2/c12-9(13)5-3-4-16-8(10-5)6-1-2-7(17-6)11(14)15/h1-2,5,8,10H,3-4H2,(H,12,13). The van der Waals surface area contributed by atoms with Crippen molar-refractivity contribution in [3.8, 4) is 0 Å². The summed E-state index contributed by atoms with van der Waals surface area (Å²) in [6.45, 7) is 0. The molecule has 2 unspecified atom stereocenters. The van der Waals surface area contributed by atoms with Crippen LogP contribution in [0.1, 0.15) is 16.7 Å². The van der Waals surface area contributed by atoms with Crippen LogP contribution >= 0.6 is 23.1 Å². The van der Waals surface area contributed by atoms with Crippen molar-refractivity contribution in [2.24, 2.45) is 0 Å². The third-order valence-corrected chi connectivity index (χ3v) is 4.84. The minimum atomic E-state index is -0.874. The Labute approximate surface area is 105 Å². The van der Waals surface area contributed by atoms with Crippen LogP contribution in [0.3, 0.4) is 0 Å². The number of thiophene rings is 1. The Balaban J connectivity index is 2.10. The lowest BCUT2D eigenvalue weighted by atomic mass is 10.2. The Morgan fingerprint density at radius 2 is 2.35 bits per heavy atom. The Morgan fingerprint density at radius 1 is 1.59 bits per heavy atom. The summed E-state index contributed by atoms with van der Waals surface area (Å²) < 4.78 is 0. The highest BCUT2D eigenvalue weighted by atomic mass is 32.2. The van der Waals surface area contributed by atoms with Crippen LogP contribution in [0.5, 0.6) is 0 Å². The normalized spacial score (nSPS) is 24.5. The van der Waals surface area contributed by atoms with Gasteiger partial charge in [0.05, 0.1) is 10.3 Å². The van der Waals surface area contributed by atoms with Gasteiger partial charge in [0.1, 0.15) is 6.04 Å². The first kappa shape index (κ1) is 12.3. The van der Waals surface area contributed by atoms with E-state index in [2.05, 4.69) is 5.32 Å². The Bertz CT molecular complexity index is 448. The van der Waals surface area contributed by atoms with Crippen molar-refractivity contribution in [1.82, 2.24) is 5.32 Å². The van der Waals surface area contributed by atoms with Crippen molar-refractivity contribution in [2.45, 2.75) is 17.8 Å². The van der Waals surface area contributed by atoms with Gasteiger partial charge >= 0.3 is 11.0 Å². The fourth-order valence-electron chi connectivity index (χ4n) is 1.56. The maximum atomic E-state index is 10.9. The van der Waals surface area contributed by atoms with Gasteiger partial charge in [-0.1, -0.05) is 11.3 Å². The van der Waals surface area contributed by atoms with E-state index in [9.17, 15) is 14.9 Å². The van der Waals surface area contributed by atoms with Gasteiger partial charge in [-0.15, -0.1) is 11.8 Å². The third kappa shape index (κ3) is 2.76. The van der Waals surface area contributed by atoms with E-state index in [1.54, 1.807) is 17.8 Å². The zero-order valence-corrected chi connectivity index (χ0v) is 10.3. The van der Waals surface area contributed by atoms with E-state index in [-0.39, 0.29) is 10.4 Å². The molecule has 8 heteroatoms. The fourth-order valence-corrected chi connectivity index (χ4v) is 3.78. The number of hydrogen-bond acceptors (Lipinski definition) is 6. The van der Waals surface area contributed by atoms with Gasteiger partial charge in [0, 0.05) is 10.9 Å². The predicted molar refractivity (Wildman–Crippen MR) is 65.3 cm³/mol. The average Bonchev–Trinajstić information content (AvgIpc) is 2.78. The Kier molecular flexibility index (Phi) is 3.65. The molecule has 0 amide bonds. The molecule has 2 heterocycles. The first-order chi connectivity index (χ1) is 8.08. The number of nitro groups is 1. The zero-order valence-electron chi connectivity index (χ0n) is 8.66. The van der Waals surface area contributed by atoms with Gasteiger partial charge in [-0.3, -0.25) is 20.2 Å². The Morgan fingerprint density at radius 3 is 2.94 bits per heavy atom. The molecule has 1 aliphatic heterocycles. The van der Waals surface area contributed by atoms with Crippen LogP contribution in [0, 0.1) is 10.1 Å². The molecule has 2 rings (SSSR count). The largest absolute Gasteiger partial charge is 0.480 e. The van der Waals surface area contributed by atoms with Gasteiger partial charge < -0.3 is 5.11 Å². The average molecular weight is 274 g/mol. The monoisotopic (exact) mass is 274 g/mol. The fraction of sp³-hybridized carbons (Fsp3) is 0.444. The van der Waals surface area contributed by atoms with Crippen LogP contribution in [0.4, 0.5) is 5.00 Å². The predicted octanol–water partition coefficient (Wildman–Crippen LogP) is 1.83. The van der Waals surface area contributed by atoms with Crippen LogP contribution in [-0.2, 0) is 4.79 Å². The number of rotatable bonds is 3. The number of carbonyl (C=O) groups is 1. The summed E-state index contributed by atoms with van der Waals surface area (Å²) in [5.74, 6) is -0.137. The first-order valence-corrected chi connectivity index (χ1v) is 6.79. The number of hydrogen-bond donors (Lipinski definition) is 2. The van der Waals surface area contributed by atoms with E-state index in [0.717, 1.165) is 22.0 Å². The van der Waals surface area contributed by atoms with Crippen molar-refractivity contribution < 1.29 is 14.8 Å². The van der Waals surface area contributed by atoms with E-state index in [0.29, 0.717) is 6.42 Å². The summed E-state index contributed by atoms with van der Waals surface area (Å²) in [6, 6.07) is 2.56. The summed E-state index contributed by atoms with van der Waals surface area (Å²) in [6.07, 6.45) is 0.573. The summed E-state index contributed by atoms with van der Waals surface area (Å²) >= 11 is 2.66. The van der Waals surface area contributed by atoms with Crippen molar-refractivity contribution in [3.63, 3.8) is 0 Å². The smallest absolute Gasteiger partial charge is 0.324 e. The van der Waals surface area contributed by atoms with Crippen LogP contribution in [-0.4, -0.2) is 27.8 Å². The molecule has 1 aromatic rings. The number of aliphatic carboxylic acids is 1. The highest BCUT2D eigenvalue weighted by Crippen LogP contribution is 2.37. The molecule has 0 bridgehead atoms. The molecule has 1 aliphatic rings. The maximum Gasteiger partial charge on any atom is 0.324 e. The first-order valence-electron chi connectivity index (χ1n) is 4.92. The van der Waals surface area contributed by atoms with Crippen molar-refractivity contribution in [1.29, 1.82) is 0 Å². The van der Waals surface area contributed by atoms with Gasteiger partial charge in [-0.05, 0) is 18.2 Å². The summed E-state index contributed by atoms with van der Waals surface area (Å²) in [4.78, 5) is 21.8. The highest BCUT2D eigenvalue weighted by Gasteiger charge is 2.29. The molecule has 92 valence electrons. The van der Waals surface area contributed by atoms with Gasteiger partial charge in [0.15, 0.2) is 0 Å². The van der Waals surface area contributed by atoms with Crippen molar-refractivity contribution in [3.05, 3.63) is 27.1 Å². The van der Waals surface area contributed by atoms with E-state index < -0.39 is 16.9 Å². The molecule has 0 aliphatic carbocycles. The highest BCUT2D eigenvalue weighted by molar-refractivity contribution is 7.99. The molecule has 0 saturated carbocycles. The quantitative estimate of drug-likeness (QED) is 0.645. The lowest BCUT2D eigenvalue weighted by Gasteiger charge is -2.27. The topological polar surface area (TPSA) is 92.5 Å². The van der Waals surface area contributed by atoms with Crippen LogP contribution in [0.15, 0.2) is 12.1 Å². The molecule has 2 atom stereocenters. The van der Waals surface area contributed by atoms with E-state index >= 15 is 0 Å². The third-order valence-electron chi connectivity index (χ3n) is 2.39. The summed E-state index contributed by atoms with van der Waals surface area (Å²) in [5.41, 5.74) is 0. The minimum absolute atomic E-state index is 0.0832. The molecule has 1 saturated heterocycles. The van der Waals surface area contributed by atoms with Crippen LogP contribution in [0.25, 0.3) is 0 Å². The lowest BCUT2D eigenvalue weighted by Crippen LogP contribution is -2.41. The molecule has 17 heavy (non-hydrogen) atoms. The molecular weight excluding hydrogens is 264 g/mol. The Hall–Kier alpha value is -1.12. The van der Waals surface area contributed by atoms with Gasteiger partial charge in [0.25, 0.3) is 0 Å². The molecule has 2 N–H and O–H groups in total. The van der Waals surface area contributed by atoms with Crippen molar-refractivity contribution >= 4 is 34.1 Å². The number of thioether (sulfide) groups is 1. The van der Waals surface area contributed by atoms with E-state index in [4.69, 9.17) is 5.11 Å². The zero-order chi connectivity index (χ0) is 12.4. The van der Waals surface area contributed by atoms with E-state index in [1.165, 1.54) is 6.07 Å². The molecule has 1 fully saturated rings. The number of carboxylic acid groups (broad SMARTS) is 1. The second-order valence-corrected chi connectivity index (χ2v) is 5.84. The molecular formula is C9H10N2O4S2. The number of carboxylic acids is 1. The molecule has 0 aromatic carbocycles. The van der Waals surface area contributed by atoms with Gasteiger partial charge in [0.2, 0.25) is 0 Å². The van der Waals surface area contributed by atoms with Gasteiger partial charge in [-0.25, -0.2) is 0 Å². The molecule has 6 nitrogen and oxygen atoms in total. The molecule has 0 spiro atoms. The lowest BCUT2D eigenvalue weighted by molar-refractivity contribution is -0.380. The van der Waals surface area contributed by atoms with Gasteiger partial charge in [-0.2, -0.15) is 0 Å². The van der Waals surface area contributed by atoms with Crippen LogP contribution < -0.4 is 5.32 Å². The second-order valence-electron chi connectivity index (χ2n) is 3.53. The summed E-state index contributed by atoms with van der Waals surface area (Å²) in [5, 5.41) is 22.4. The number of nitrogens with zero attached hydrogens (tertiary/aromatic N) is 1. The second kappa shape index (κ2) is 5.03. The summed E-state index contributed by atoms with van der Waals surface area (Å²) in [7, 11) is 0. The van der Waals surface area contributed by atoms with E-state index in [1.807, 2.05) is 0 Å².